The molecule has 0 aromatic carbocycles. The number of likely N-dealkylation sites (N-methyl/N-ethyl adjacent to an activating group) is 2. The van der Waals surface area contributed by atoms with Gasteiger partial charge in [0.2, 0.25) is 0 Å². The summed E-state index contributed by atoms with van der Waals surface area (Å²) >= 11 is 0. The number of rotatable bonds is 3. The Hall–Kier alpha value is -0.120. The van der Waals surface area contributed by atoms with Crippen molar-refractivity contribution in [2.24, 2.45) is 0 Å². The van der Waals surface area contributed by atoms with Gasteiger partial charge in [0, 0.05) is 32.7 Å². The maximum atomic E-state index is 2.65. The summed E-state index contributed by atoms with van der Waals surface area (Å²) < 4.78 is 1.33. The van der Waals surface area contributed by atoms with Crippen molar-refractivity contribution in [2.45, 2.75) is 19.3 Å². The van der Waals surface area contributed by atoms with Crippen LogP contribution in [-0.2, 0) is 0 Å². The molecular formula is C13H28N3+. The van der Waals surface area contributed by atoms with Crippen LogP contribution in [0.2, 0.25) is 0 Å². The third-order valence-electron chi connectivity index (χ3n) is 4.45. The molecule has 0 spiro atoms. The SMILES string of the molecule is CN1CCN(CC[N+]2(C)CCCCC2)CC1. The summed E-state index contributed by atoms with van der Waals surface area (Å²) in [4.78, 5) is 5.09. The van der Waals surface area contributed by atoms with Crippen molar-refractivity contribution in [1.82, 2.24) is 9.80 Å². The second-order valence-electron chi connectivity index (χ2n) is 6.00. The fourth-order valence-corrected chi connectivity index (χ4v) is 2.95. The zero-order valence-electron chi connectivity index (χ0n) is 11.1. The van der Waals surface area contributed by atoms with Gasteiger partial charge in [-0.15, -0.1) is 0 Å². The molecule has 2 aliphatic rings. The minimum atomic E-state index is 1.25. The second kappa shape index (κ2) is 5.48. The molecule has 0 radical (unpaired) electrons. The Bertz CT molecular complexity index is 203. The van der Waals surface area contributed by atoms with Crippen LogP contribution < -0.4 is 0 Å². The Morgan fingerprint density at radius 3 is 2.19 bits per heavy atom. The van der Waals surface area contributed by atoms with Crippen LogP contribution in [0.25, 0.3) is 0 Å². The molecule has 3 heteroatoms. The fourth-order valence-electron chi connectivity index (χ4n) is 2.95. The molecule has 0 aromatic heterocycles. The summed E-state index contributed by atoms with van der Waals surface area (Å²) in [5.41, 5.74) is 0. The summed E-state index contributed by atoms with van der Waals surface area (Å²) in [5, 5.41) is 0. The van der Waals surface area contributed by atoms with Gasteiger partial charge in [0.05, 0.1) is 26.7 Å². The summed E-state index contributed by atoms with van der Waals surface area (Å²) in [6.07, 6.45) is 4.35. The lowest BCUT2D eigenvalue weighted by Gasteiger charge is -2.40. The summed E-state index contributed by atoms with van der Waals surface area (Å²) in [6, 6.07) is 0. The van der Waals surface area contributed by atoms with E-state index in [1.165, 1.54) is 76.1 Å². The minimum absolute atomic E-state index is 1.25. The smallest absolute Gasteiger partial charge is 0.0913 e. The second-order valence-corrected chi connectivity index (χ2v) is 6.00. The number of likely N-dealkylation sites (tertiary alicyclic amines) is 1. The predicted molar refractivity (Wildman–Crippen MR) is 68.6 cm³/mol. The van der Waals surface area contributed by atoms with E-state index < -0.39 is 0 Å². The first-order valence-corrected chi connectivity index (χ1v) is 6.92. The van der Waals surface area contributed by atoms with E-state index in [1.807, 2.05) is 0 Å². The van der Waals surface area contributed by atoms with Gasteiger partial charge < -0.3 is 9.38 Å². The van der Waals surface area contributed by atoms with Crippen LogP contribution in [0.5, 0.6) is 0 Å². The van der Waals surface area contributed by atoms with Gasteiger partial charge in [0.25, 0.3) is 0 Å². The monoisotopic (exact) mass is 226 g/mol. The number of quaternary nitrogens is 1. The Morgan fingerprint density at radius 2 is 1.56 bits per heavy atom. The average molecular weight is 226 g/mol. The highest BCUT2D eigenvalue weighted by Crippen LogP contribution is 2.16. The van der Waals surface area contributed by atoms with E-state index in [9.17, 15) is 0 Å². The molecule has 2 aliphatic heterocycles. The molecule has 2 fully saturated rings. The van der Waals surface area contributed by atoms with Gasteiger partial charge in [0.15, 0.2) is 0 Å². The van der Waals surface area contributed by atoms with Gasteiger partial charge in [-0.2, -0.15) is 0 Å². The molecule has 2 saturated heterocycles. The number of piperazine rings is 1. The normalized spacial score (nSPS) is 28.1. The van der Waals surface area contributed by atoms with Crippen molar-refractivity contribution in [3.05, 3.63) is 0 Å². The third kappa shape index (κ3) is 3.44. The van der Waals surface area contributed by atoms with Crippen molar-refractivity contribution < 1.29 is 4.48 Å². The minimum Gasteiger partial charge on any atom is -0.325 e. The number of hydrogen-bond acceptors (Lipinski definition) is 2. The van der Waals surface area contributed by atoms with Crippen LogP contribution in [-0.4, -0.2) is 80.7 Å². The van der Waals surface area contributed by atoms with E-state index in [2.05, 4.69) is 23.9 Å². The van der Waals surface area contributed by atoms with Crippen molar-refractivity contribution in [3.8, 4) is 0 Å². The van der Waals surface area contributed by atoms with Crippen LogP contribution in [0.3, 0.4) is 0 Å². The van der Waals surface area contributed by atoms with E-state index in [4.69, 9.17) is 0 Å². The van der Waals surface area contributed by atoms with Gasteiger partial charge in [-0.3, -0.25) is 4.90 Å². The highest BCUT2D eigenvalue weighted by atomic mass is 15.4. The fraction of sp³-hybridized carbons (Fsp3) is 1.00. The summed E-state index contributed by atoms with van der Waals surface area (Å²) in [5.74, 6) is 0. The zero-order valence-corrected chi connectivity index (χ0v) is 11.1. The van der Waals surface area contributed by atoms with Crippen LogP contribution in [0, 0.1) is 0 Å². The Balaban J connectivity index is 1.70. The van der Waals surface area contributed by atoms with Crippen molar-refractivity contribution >= 4 is 0 Å². The topological polar surface area (TPSA) is 6.48 Å². The highest BCUT2D eigenvalue weighted by Gasteiger charge is 2.25. The highest BCUT2D eigenvalue weighted by molar-refractivity contribution is 4.69. The number of piperidine rings is 1. The van der Waals surface area contributed by atoms with Crippen molar-refractivity contribution in [1.29, 1.82) is 0 Å². The van der Waals surface area contributed by atoms with E-state index >= 15 is 0 Å². The van der Waals surface area contributed by atoms with E-state index in [-0.39, 0.29) is 0 Å². The summed E-state index contributed by atoms with van der Waals surface area (Å²) in [7, 11) is 4.69. The van der Waals surface area contributed by atoms with Gasteiger partial charge in [0.1, 0.15) is 0 Å². The molecule has 0 aromatic rings. The molecular weight excluding hydrogens is 198 g/mol. The van der Waals surface area contributed by atoms with E-state index in [1.54, 1.807) is 0 Å². The average Bonchev–Trinajstić information content (AvgIpc) is 2.29. The lowest BCUT2D eigenvalue weighted by Crippen LogP contribution is -2.53. The zero-order chi connectivity index (χ0) is 11.4. The standard InChI is InChI=1S/C13H28N3/c1-14-6-8-15(9-7-14)10-13-16(2)11-4-3-5-12-16/h3-13H2,1-2H3/q+1. The largest absolute Gasteiger partial charge is 0.325 e. The first-order valence-electron chi connectivity index (χ1n) is 6.92. The Kier molecular flexibility index (Phi) is 4.22. The lowest BCUT2D eigenvalue weighted by atomic mass is 10.1. The maximum absolute atomic E-state index is 2.65. The quantitative estimate of drug-likeness (QED) is 0.659. The molecule has 3 nitrogen and oxygen atoms in total. The first kappa shape index (κ1) is 12.3. The third-order valence-corrected chi connectivity index (χ3v) is 4.45. The van der Waals surface area contributed by atoms with Crippen LogP contribution in [0.1, 0.15) is 19.3 Å². The van der Waals surface area contributed by atoms with Crippen molar-refractivity contribution in [2.75, 3.05) is 66.5 Å². The molecule has 2 rings (SSSR count). The molecule has 0 N–H and O–H groups in total. The van der Waals surface area contributed by atoms with E-state index in [0.29, 0.717) is 0 Å². The molecule has 0 unspecified atom stereocenters. The lowest BCUT2D eigenvalue weighted by molar-refractivity contribution is -0.913. The molecule has 94 valence electrons. The van der Waals surface area contributed by atoms with E-state index in [0.717, 1.165) is 0 Å². The summed E-state index contributed by atoms with van der Waals surface area (Å²) in [6.45, 7) is 10.6. The molecule has 2 heterocycles. The van der Waals surface area contributed by atoms with Gasteiger partial charge in [-0.25, -0.2) is 0 Å². The molecule has 0 aliphatic carbocycles. The molecule has 0 amide bonds. The van der Waals surface area contributed by atoms with Gasteiger partial charge in [-0.05, 0) is 26.3 Å². The Morgan fingerprint density at radius 1 is 0.938 bits per heavy atom. The maximum Gasteiger partial charge on any atom is 0.0913 e. The van der Waals surface area contributed by atoms with Crippen LogP contribution in [0.15, 0.2) is 0 Å². The number of nitrogens with zero attached hydrogens (tertiary/aromatic N) is 3. The molecule has 0 atom stereocenters. The first-order chi connectivity index (χ1) is 7.68. The van der Waals surface area contributed by atoms with Crippen molar-refractivity contribution in [3.63, 3.8) is 0 Å². The van der Waals surface area contributed by atoms with Crippen LogP contribution >= 0.6 is 0 Å². The molecule has 16 heavy (non-hydrogen) atoms. The molecule has 0 saturated carbocycles. The van der Waals surface area contributed by atoms with Gasteiger partial charge >= 0.3 is 0 Å². The van der Waals surface area contributed by atoms with Gasteiger partial charge in [-0.1, -0.05) is 0 Å². The van der Waals surface area contributed by atoms with Crippen LogP contribution in [0.4, 0.5) is 0 Å². The number of hydrogen-bond donors (Lipinski definition) is 0. The predicted octanol–water partition coefficient (Wildman–Crippen LogP) is 0.864. The Labute approximate surface area is 101 Å². The molecule has 0 bridgehead atoms.